The van der Waals surface area contributed by atoms with Gasteiger partial charge in [0.15, 0.2) is 17.3 Å². The Hall–Kier alpha value is -4.19. The van der Waals surface area contributed by atoms with Crippen LogP contribution in [0.25, 0.3) is 0 Å². The lowest BCUT2D eigenvalue weighted by atomic mass is 9.69. The van der Waals surface area contributed by atoms with Crippen LogP contribution in [-0.2, 0) is 20.9 Å². The van der Waals surface area contributed by atoms with E-state index in [2.05, 4.69) is 12.1 Å². The van der Waals surface area contributed by atoms with Crippen molar-refractivity contribution in [3.63, 3.8) is 0 Å². The van der Waals surface area contributed by atoms with Crippen LogP contribution in [0, 0.1) is 5.92 Å². The first-order valence-electron chi connectivity index (χ1n) is 14.9. The summed E-state index contributed by atoms with van der Waals surface area (Å²) in [5.41, 5.74) is 5.09. The van der Waals surface area contributed by atoms with Gasteiger partial charge in [0.2, 0.25) is 0 Å². The van der Waals surface area contributed by atoms with E-state index in [4.69, 9.17) is 19.2 Å². The highest BCUT2D eigenvalue weighted by Gasteiger charge is 2.45. The van der Waals surface area contributed by atoms with Crippen LogP contribution in [-0.4, -0.2) is 30.7 Å². The molecule has 1 aliphatic heterocycles. The summed E-state index contributed by atoms with van der Waals surface area (Å²) < 4.78 is 17.9. The molecule has 3 atom stereocenters. The molecule has 1 fully saturated rings. The van der Waals surface area contributed by atoms with Crippen LogP contribution in [0.15, 0.2) is 95.1 Å². The molecule has 216 valence electrons. The predicted molar refractivity (Wildman–Crippen MR) is 162 cm³/mol. The number of Topliss-reactive ketones (excluding diaryl/α,β-unsaturated/α-hetero) is 1. The summed E-state index contributed by atoms with van der Waals surface area (Å²) in [7, 11) is 1.61. The van der Waals surface area contributed by atoms with E-state index in [-0.39, 0.29) is 23.8 Å². The van der Waals surface area contributed by atoms with Gasteiger partial charge in [-0.15, -0.1) is 0 Å². The molecular weight excluding hydrogens is 526 g/mol. The molecule has 0 saturated heterocycles. The number of hydrogen-bond acceptors (Lipinski definition) is 6. The topological polar surface area (TPSA) is 74.2 Å². The van der Waals surface area contributed by atoms with E-state index in [1.54, 1.807) is 7.11 Å². The molecule has 0 spiro atoms. The number of hydrogen-bond donors (Lipinski definition) is 0. The zero-order valence-electron chi connectivity index (χ0n) is 24.3. The third kappa shape index (κ3) is 5.76. The zero-order valence-corrected chi connectivity index (χ0v) is 24.3. The number of aliphatic imine (C=N–C) groups is 1. The van der Waals surface area contributed by atoms with E-state index in [0.29, 0.717) is 42.2 Å². The number of esters is 1. The van der Waals surface area contributed by atoms with E-state index >= 15 is 0 Å². The van der Waals surface area contributed by atoms with Crippen molar-refractivity contribution in [1.29, 1.82) is 0 Å². The molecule has 0 bridgehead atoms. The summed E-state index contributed by atoms with van der Waals surface area (Å²) in [6.45, 7) is 2.29. The predicted octanol–water partition coefficient (Wildman–Crippen LogP) is 7.34. The summed E-state index contributed by atoms with van der Waals surface area (Å²) in [5, 5.41) is 0. The second-order valence-corrected chi connectivity index (χ2v) is 11.5. The van der Waals surface area contributed by atoms with Gasteiger partial charge in [0, 0.05) is 29.3 Å². The Bertz CT molecular complexity index is 1500. The molecule has 1 heterocycles. The number of benzene rings is 3. The lowest BCUT2D eigenvalue weighted by Crippen LogP contribution is -2.39. The summed E-state index contributed by atoms with van der Waals surface area (Å²) in [6, 6.07) is 25.8. The van der Waals surface area contributed by atoms with Crippen LogP contribution < -0.4 is 9.47 Å². The molecule has 6 nitrogen and oxygen atoms in total. The first kappa shape index (κ1) is 28.0. The molecular formula is C36H37NO5. The summed E-state index contributed by atoms with van der Waals surface area (Å²) in [4.78, 5) is 32.7. The van der Waals surface area contributed by atoms with E-state index in [1.807, 2.05) is 73.7 Å². The van der Waals surface area contributed by atoms with Gasteiger partial charge in [0.05, 0.1) is 7.11 Å². The van der Waals surface area contributed by atoms with Crippen LogP contribution in [0.2, 0.25) is 0 Å². The summed E-state index contributed by atoms with van der Waals surface area (Å²) >= 11 is 0. The Morgan fingerprint density at radius 2 is 1.60 bits per heavy atom. The highest BCUT2D eigenvalue weighted by molar-refractivity contribution is 6.09. The Balaban J connectivity index is 1.36. The third-order valence-electron chi connectivity index (χ3n) is 8.78. The van der Waals surface area contributed by atoms with E-state index in [0.717, 1.165) is 48.1 Å². The first-order valence-corrected chi connectivity index (χ1v) is 14.9. The molecule has 1 saturated carbocycles. The molecule has 0 aromatic heterocycles. The minimum absolute atomic E-state index is 0.0355. The number of carbonyl (C=O) groups is 2. The Morgan fingerprint density at radius 1 is 0.881 bits per heavy atom. The highest BCUT2D eigenvalue weighted by Crippen LogP contribution is 2.48. The molecule has 1 unspecified atom stereocenters. The van der Waals surface area contributed by atoms with Crippen molar-refractivity contribution in [2.45, 2.75) is 70.0 Å². The largest absolute Gasteiger partial charge is 0.493 e. The van der Waals surface area contributed by atoms with Crippen LogP contribution in [0.3, 0.4) is 0 Å². The molecule has 0 radical (unpaired) electrons. The first-order chi connectivity index (χ1) is 20.5. The normalized spacial score (nSPS) is 22.4. The summed E-state index contributed by atoms with van der Waals surface area (Å²) in [6.07, 6.45) is 4.85. The SMILES string of the molecule is COc1cc([C@H]2C3=C(C[C@H](c4ccccc4)CC3=O)N=C(C)C2C(=O)OC2CCCC2)ccc1OCc1ccccc1. The standard InChI is InChI=1S/C36H37NO5/c1-23-33(36(39)42-28-15-9-10-16-28)34(35-29(37-23)19-27(20-30(35)38)25-13-7-4-8-14-25)26-17-18-31(32(21-26)40-2)41-22-24-11-5-3-6-12-24/h3-8,11-14,17-18,21,27-28,33-34H,9-10,15-16,19-20,22H2,1-2H3/t27-,33?,34+/m0/s1. The molecule has 2 aliphatic carbocycles. The second-order valence-electron chi connectivity index (χ2n) is 11.5. The van der Waals surface area contributed by atoms with Crippen molar-refractivity contribution in [1.82, 2.24) is 0 Å². The molecule has 3 aromatic carbocycles. The summed E-state index contributed by atoms with van der Waals surface area (Å²) in [5.74, 6) is -0.242. The fourth-order valence-electron chi connectivity index (χ4n) is 6.66. The molecule has 0 N–H and O–H groups in total. The number of methoxy groups -OCH3 is 1. The number of allylic oxidation sites excluding steroid dienone is 2. The zero-order chi connectivity index (χ0) is 29.1. The van der Waals surface area contributed by atoms with Crippen LogP contribution in [0.4, 0.5) is 0 Å². The number of rotatable bonds is 8. The van der Waals surface area contributed by atoms with Gasteiger partial charge in [-0.3, -0.25) is 14.6 Å². The quantitative estimate of drug-likeness (QED) is 0.268. The smallest absolute Gasteiger partial charge is 0.315 e. The minimum atomic E-state index is -0.678. The Kier molecular flexibility index (Phi) is 8.22. The maximum atomic E-state index is 14.0. The van der Waals surface area contributed by atoms with Crippen molar-refractivity contribution >= 4 is 17.5 Å². The fourth-order valence-corrected chi connectivity index (χ4v) is 6.66. The van der Waals surface area contributed by atoms with Crippen LogP contribution in [0.1, 0.15) is 74.0 Å². The third-order valence-corrected chi connectivity index (χ3v) is 8.78. The van der Waals surface area contributed by atoms with Gasteiger partial charge in [-0.25, -0.2) is 0 Å². The molecule has 42 heavy (non-hydrogen) atoms. The molecule has 6 heteroatoms. The average Bonchev–Trinajstić information content (AvgIpc) is 3.53. The Morgan fingerprint density at radius 3 is 2.31 bits per heavy atom. The fraction of sp³-hybridized carbons (Fsp3) is 0.361. The number of ether oxygens (including phenoxy) is 3. The van der Waals surface area contributed by atoms with Crippen molar-refractivity contribution in [2.24, 2.45) is 10.9 Å². The lowest BCUT2D eigenvalue weighted by molar-refractivity contribution is -0.151. The number of ketones is 1. The monoisotopic (exact) mass is 563 g/mol. The van der Waals surface area contributed by atoms with Crippen molar-refractivity contribution in [3.8, 4) is 11.5 Å². The Labute approximate surface area is 247 Å². The number of carbonyl (C=O) groups excluding carboxylic acids is 2. The maximum Gasteiger partial charge on any atom is 0.315 e. The average molecular weight is 564 g/mol. The van der Waals surface area contributed by atoms with Gasteiger partial charge < -0.3 is 14.2 Å². The van der Waals surface area contributed by atoms with Gasteiger partial charge in [-0.05, 0) is 73.8 Å². The molecule has 0 amide bonds. The van der Waals surface area contributed by atoms with Gasteiger partial charge in [-0.1, -0.05) is 66.7 Å². The minimum Gasteiger partial charge on any atom is -0.493 e. The van der Waals surface area contributed by atoms with Crippen LogP contribution in [0.5, 0.6) is 11.5 Å². The van der Waals surface area contributed by atoms with Crippen LogP contribution >= 0.6 is 0 Å². The molecule has 3 aliphatic rings. The van der Waals surface area contributed by atoms with E-state index < -0.39 is 11.8 Å². The second kappa shape index (κ2) is 12.4. The van der Waals surface area contributed by atoms with Crippen molar-refractivity contribution in [2.75, 3.05) is 7.11 Å². The van der Waals surface area contributed by atoms with Gasteiger partial charge in [0.1, 0.15) is 18.6 Å². The highest BCUT2D eigenvalue weighted by atomic mass is 16.5. The van der Waals surface area contributed by atoms with Gasteiger partial charge in [-0.2, -0.15) is 0 Å². The van der Waals surface area contributed by atoms with Crippen molar-refractivity contribution in [3.05, 3.63) is 107 Å². The molecule has 6 rings (SSSR count). The maximum absolute atomic E-state index is 14.0. The van der Waals surface area contributed by atoms with Crippen molar-refractivity contribution < 1.29 is 23.8 Å². The van der Waals surface area contributed by atoms with E-state index in [9.17, 15) is 9.59 Å². The number of nitrogens with zero attached hydrogens (tertiary/aromatic N) is 1. The molecule has 3 aromatic rings. The lowest BCUT2D eigenvalue weighted by Gasteiger charge is -2.37. The van der Waals surface area contributed by atoms with Gasteiger partial charge in [0.25, 0.3) is 0 Å². The van der Waals surface area contributed by atoms with E-state index in [1.165, 1.54) is 0 Å². The van der Waals surface area contributed by atoms with Gasteiger partial charge >= 0.3 is 5.97 Å².